The Labute approximate surface area is 182 Å². The van der Waals surface area contributed by atoms with E-state index in [-0.39, 0.29) is 35.5 Å². The molecule has 2 aromatic rings. The Morgan fingerprint density at radius 3 is 2.03 bits per heavy atom. The second-order valence-electron chi connectivity index (χ2n) is 9.30. The first-order valence-corrected chi connectivity index (χ1v) is 10.1. The first-order chi connectivity index (χ1) is 15.1. The number of aromatic nitrogens is 3. The molecule has 3 aliphatic rings. The number of hydrogen-bond acceptors (Lipinski definition) is 2. The van der Waals surface area contributed by atoms with Gasteiger partial charge in [0.1, 0.15) is 12.6 Å². The minimum Gasteiger partial charge on any atom is -0.418 e. The summed E-state index contributed by atoms with van der Waals surface area (Å²) < 4.78 is 117. The SMILES string of the molecule is CC1(C)[C@@H]2CC[C@@]1(C)[C@@H]1OCc3nn(-c4c(F)c(F)c(F)c(F)c4F)c[n+]3[C@H]21.F[B-](F)(F)F. The van der Waals surface area contributed by atoms with E-state index in [9.17, 15) is 39.2 Å². The largest absolute Gasteiger partial charge is 0.673 e. The maximum absolute atomic E-state index is 14.2. The molecule has 0 N–H and O–H groups in total. The van der Waals surface area contributed by atoms with Gasteiger partial charge in [0.25, 0.3) is 0 Å². The van der Waals surface area contributed by atoms with Crippen LogP contribution in [0.1, 0.15) is 45.5 Å². The Bertz CT molecular complexity index is 1080. The fraction of sp³-hybridized carbons (Fsp3) is 0.579. The molecule has 0 unspecified atom stereocenters. The Morgan fingerprint density at radius 2 is 1.48 bits per heavy atom. The van der Waals surface area contributed by atoms with Crippen LogP contribution in [0.4, 0.5) is 39.2 Å². The van der Waals surface area contributed by atoms with Crippen molar-refractivity contribution < 1.29 is 48.5 Å². The lowest BCUT2D eigenvalue weighted by Gasteiger charge is -2.40. The summed E-state index contributed by atoms with van der Waals surface area (Å²) in [7, 11) is -6.00. The molecular weight excluding hydrogens is 468 g/mol. The van der Waals surface area contributed by atoms with Crippen LogP contribution in [-0.4, -0.2) is 23.1 Å². The van der Waals surface area contributed by atoms with E-state index in [1.165, 1.54) is 6.33 Å². The van der Waals surface area contributed by atoms with Crippen molar-refractivity contribution >= 4 is 7.25 Å². The molecule has 2 aliphatic carbocycles. The highest BCUT2D eigenvalue weighted by Gasteiger charge is 2.70. The zero-order valence-electron chi connectivity index (χ0n) is 17.7. The number of fused-ring (bicyclic) bond motifs is 7. The number of nitrogens with zero attached hydrogens (tertiary/aromatic N) is 3. The average molecular weight is 487 g/mol. The van der Waals surface area contributed by atoms with Crippen LogP contribution in [-0.2, 0) is 11.3 Å². The zero-order chi connectivity index (χ0) is 24.7. The van der Waals surface area contributed by atoms with E-state index < -0.39 is 42.0 Å². The number of hydrogen-bond donors (Lipinski definition) is 0. The van der Waals surface area contributed by atoms with Crippen LogP contribution in [0, 0.1) is 45.8 Å². The Hall–Kier alpha value is -2.25. The van der Waals surface area contributed by atoms with Gasteiger partial charge in [-0.15, -0.1) is 0 Å². The fourth-order valence-electron chi connectivity index (χ4n) is 5.68. The van der Waals surface area contributed by atoms with E-state index >= 15 is 0 Å². The summed E-state index contributed by atoms with van der Waals surface area (Å²) in [5.74, 6) is -9.32. The normalized spacial score (nSPS) is 29.4. The summed E-state index contributed by atoms with van der Waals surface area (Å²) in [6.07, 6.45) is 3.24. The second-order valence-corrected chi connectivity index (χ2v) is 9.30. The lowest BCUT2D eigenvalue weighted by molar-refractivity contribution is -0.756. The van der Waals surface area contributed by atoms with Crippen molar-refractivity contribution in [1.29, 1.82) is 0 Å². The number of ether oxygens (including phenoxy) is 1. The highest BCUT2D eigenvalue weighted by molar-refractivity contribution is 6.50. The first-order valence-electron chi connectivity index (χ1n) is 10.1. The van der Waals surface area contributed by atoms with E-state index in [2.05, 4.69) is 25.9 Å². The van der Waals surface area contributed by atoms with Crippen molar-refractivity contribution in [3.63, 3.8) is 0 Å². The van der Waals surface area contributed by atoms with Gasteiger partial charge in [-0.2, -0.15) is 8.78 Å². The second kappa shape index (κ2) is 7.38. The summed E-state index contributed by atoms with van der Waals surface area (Å²) in [6, 6.07) is -0.0903. The van der Waals surface area contributed by atoms with E-state index in [4.69, 9.17) is 4.74 Å². The van der Waals surface area contributed by atoms with Gasteiger partial charge in [-0.1, -0.05) is 25.5 Å². The van der Waals surface area contributed by atoms with Crippen LogP contribution in [0.25, 0.3) is 5.69 Å². The summed E-state index contributed by atoms with van der Waals surface area (Å²) in [4.78, 5) is 0. The van der Waals surface area contributed by atoms with E-state index in [1.54, 1.807) is 4.57 Å². The molecule has 4 atom stereocenters. The van der Waals surface area contributed by atoms with E-state index in [0.717, 1.165) is 17.5 Å². The van der Waals surface area contributed by atoms with Crippen molar-refractivity contribution in [2.75, 3.05) is 0 Å². The zero-order valence-corrected chi connectivity index (χ0v) is 17.7. The fourth-order valence-corrected chi connectivity index (χ4v) is 5.68. The van der Waals surface area contributed by atoms with Gasteiger partial charge in [-0.3, -0.25) is 0 Å². The molecule has 2 fully saturated rings. The molecule has 5 rings (SSSR count). The molecule has 2 bridgehead atoms. The number of benzene rings is 1. The Morgan fingerprint density at radius 1 is 0.970 bits per heavy atom. The molecule has 0 amide bonds. The van der Waals surface area contributed by atoms with Crippen LogP contribution in [0.5, 0.6) is 0 Å². The van der Waals surface area contributed by atoms with Crippen LogP contribution < -0.4 is 4.57 Å². The van der Waals surface area contributed by atoms with E-state index in [1.807, 2.05) is 0 Å². The topological polar surface area (TPSA) is 30.9 Å². The molecule has 1 aromatic heterocycles. The highest BCUT2D eigenvalue weighted by Crippen LogP contribution is 2.69. The number of rotatable bonds is 1. The molecule has 1 aromatic carbocycles. The maximum Gasteiger partial charge on any atom is 0.673 e. The van der Waals surface area contributed by atoms with Crippen molar-refractivity contribution in [3.8, 4) is 5.69 Å². The van der Waals surface area contributed by atoms with Crippen LogP contribution in [0.2, 0.25) is 0 Å². The molecule has 1 aliphatic heterocycles. The van der Waals surface area contributed by atoms with E-state index in [0.29, 0.717) is 5.82 Å². The first kappa shape index (κ1) is 23.9. The van der Waals surface area contributed by atoms with Crippen LogP contribution in [0.15, 0.2) is 6.33 Å². The molecule has 2 heterocycles. The molecule has 14 heteroatoms. The van der Waals surface area contributed by atoms with Crippen molar-refractivity contribution in [1.82, 2.24) is 9.78 Å². The Kier molecular flexibility index (Phi) is 5.34. The Balaban J connectivity index is 0.000000471. The molecule has 33 heavy (non-hydrogen) atoms. The number of halogens is 9. The summed E-state index contributed by atoms with van der Waals surface area (Å²) >= 11 is 0. The predicted octanol–water partition coefficient (Wildman–Crippen LogP) is 5.05. The van der Waals surface area contributed by atoms with Crippen molar-refractivity contribution in [3.05, 3.63) is 41.2 Å². The standard InChI is InChI=1S/C19H19F5N3O.BF4/c1-18(2)8-4-5-19(18,3)17-15(8)26-7-27(25-9(26)6-28-17)16-13(23)11(21)10(20)12(22)14(16)24;2-1(3,4)5/h7-8,15,17H,4-6H2,1-3H3;/q+1;-1/t8-,15-,17-,19+;/m1./s1. The van der Waals surface area contributed by atoms with Gasteiger partial charge in [0.15, 0.2) is 0 Å². The summed E-state index contributed by atoms with van der Waals surface area (Å²) in [5, 5.41) is 4.09. The molecule has 0 saturated heterocycles. The maximum atomic E-state index is 14.2. The third-order valence-electron chi connectivity index (χ3n) is 7.61. The van der Waals surface area contributed by atoms with Crippen molar-refractivity contribution in [2.24, 2.45) is 16.7 Å². The molecule has 0 radical (unpaired) electrons. The van der Waals surface area contributed by atoms with Crippen LogP contribution in [0.3, 0.4) is 0 Å². The highest BCUT2D eigenvalue weighted by atomic mass is 19.5. The minimum atomic E-state index is -6.00. The smallest absolute Gasteiger partial charge is 0.418 e. The monoisotopic (exact) mass is 487 g/mol. The molecule has 0 spiro atoms. The van der Waals surface area contributed by atoms with Gasteiger partial charge < -0.3 is 22.0 Å². The minimum absolute atomic E-state index is 0.0103. The lowest BCUT2D eigenvalue weighted by atomic mass is 9.70. The van der Waals surface area contributed by atoms with Gasteiger partial charge in [0.05, 0.1) is 6.10 Å². The summed E-state index contributed by atoms with van der Waals surface area (Å²) in [6.45, 7) is 6.70. The molecule has 2 saturated carbocycles. The predicted molar refractivity (Wildman–Crippen MR) is 96.0 cm³/mol. The third kappa shape index (κ3) is 3.43. The lowest BCUT2D eigenvalue weighted by Crippen LogP contribution is -2.56. The van der Waals surface area contributed by atoms with Gasteiger partial charge in [0.2, 0.25) is 41.1 Å². The summed E-state index contributed by atoms with van der Waals surface area (Å²) in [5.41, 5.74) is -1.15. The van der Waals surface area contributed by atoms with Crippen molar-refractivity contribution in [2.45, 2.75) is 52.4 Å². The average Bonchev–Trinajstić information content (AvgIpc) is 3.28. The molecule has 182 valence electrons. The quantitative estimate of drug-likeness (QED) is 0.185. The van der Waals surface area contributed by atoms with Gasteiger partial charge >= 0.3 is 13.1 Å². The molecule has 4 nitrogen and oxygen atoms in total. The van der Waals surface area contributed by atoms with Gasteiger partial charge in [-0.05, 0) is 18.3 Å². The third-order valence-corrected chi connectivity index (χ3v) is 7.61. The van der Waals surface area contributed by atoms with Crippen LogP contribution >= 0.6 is 0 Å². The van der Waals surface area contributed by atoms with Gasteiger partial charge in [0, 0.05) is 16.4 Å². The molecular formula is C19H19BF9N3O. The van der Waals surface area contributed by atoms with Gasteiger partial charge in [-0.25, -0.2) is 17.7 Å².